The predicted molar refractivity (Wildman–Crippen MR) is 115 cm³/mol. The van der Waals surface area contributed by atoms with Crippen LogP contribution in [0.4, 0.5) is 0 Å². The number of hydrogen-bond acceptors (Lipinski definition) is 2. The molecule has 0 unspecified atom stereocenters. The summed E-state index contributed by atoms with van der Waals surface area (Å²) in [5, 5.41) is 0. The predicted octanol–water partition coefficient (Wildman–Crippen LogP) is 6.38. The van der Waals surface area contributed by atoms with Crippen LogP contribution in [0.1, 0.15) is 63.5 Å². The molecule has 0 radical (unpaired) electrons. The van der Waals surface area contributed by atoms with Crippen LogP contribution in [-0.2, 0) is 6.42 Å². The van der Waals surface area contributed by atoms with Gasteiger partial charge in [-0.2, -0.15) is 0 Å². The lowest BCUT2D eigenvalue weighted by atomic mass is 9.83. The third-order valence-corrected chi connectivity index (χ3v) is 6.96. The molecule has 2 heteroatoms. The Kier molecular flexibility index (Phi) is 4.38. The first-order chi connectivity index (χ1) is 13.6. The second-order valence-corrected chi connectivity index (χ2v) is 8.83. The highest BCUT2D eigenvalue weighted by atomic mass is 16.5. The minimum absolute atomic E-state index is 0.577. The van der Waals surface area contributed by atoms with Gasteiger partial charge in [0, 0.05) is 12.3 Å². The quantitative estimate of drug-likeness (QED) is 0.613. The van der Waals surface area contributed by atoms with Crippen molar-refractivity contribution in [3.63, 3.8) is 0 Å². The summed E-state index contributed by atoms with van der Waals surface area (Å²) in [6.07, 6.45) is 17.0. The van der Waals surface area contributed by atoms with E-state index in [1.807, 2.05) is 0 Å². The van der Waals surface area contributed by atoms with Crippen molar-refractivity contribution < 1.29 is 4.74 Å². The summed E-state index contributed by atoms with van der Waals surface area (Å²) in [5.41, 5.74) is 11.4. The third-order valence-electron chi connectivity index (χ3n) is 6.96. The van der Waals surface area contributed by atoms with Gasteiger partial charge in [0.15, 0.2) is 0 Å². The maximum absolute atomic E-state index is 6.16. The molecule has 1 aromatic rings. The summed E-state index contributed by atoms with van der Waals surface area (Å²) < 4.78 is 6.16. The number of nitrogens with zero attached hydrogens (tertiary/aromatic N) is 1. The first kappa shape index (κ1) is 17.7. The molecule has 1 fully saturated rings. The van der Waals surface area contributed by atoms with Crippen LogP contribution in [0.3, 0.4) is 0 Å². The minimum atomic E-state index is 0.577. The van der Waals surface area contributed by atoms with Crippen molar-refractivity contribution in [2.45, 2.75) is 58.8 Å². The Labute approximate surface area is 168 Å². The molecule has 1 heterocycles. The second-order valence-electron chi connectivity index (χ2n) is 8.83. The van der Waals surface area contributed by atoms with Crippen LogP contribution in [-0.4, -0.2) is 11.6 Å². The van der Waals surface area contributed by atoms with Gasteiger partial charge in [0.1, 0.15) is 6.61 Å². The molecule has 0 N–H and O–H groups in total. The van der Waals surface area contributed by atoms with Gasteiger partial charge in [-0.3, -0.25) is 0 Å². The van der Waals surface area contributed by atoms with E-state index in [0.29, 0.717) is 6.61 Å². The molecule has 2 atom stereocenters. The largest absolute Gasteiger partial charge is 0.473 e. The van der Waals surface area contributed by atoms with E-state index < -0.39 is 0 Å². The molecule has 0 spiro atoms. The molecule has 0 amide bonds. The van der Waals surface area contributed by atoms with E-state index in [-0.39, 0.29) is 0 Å². The highest BCUT2D eigenvalue weighted by molar-refractivity contribution is 5.57. The topological polar surface area (TPSA) is 22.1 Å². The van der Waals surface area contributed by atoms with Gasteiger partial charge in [-0.25, -0.2) is 4.98 Å². The fourth-order valence-electron chi connectivity index (χ4n) is 5.22. The first-order valence-electron chi connectivity index (χ1n) is 10.7. The summed E-state index contributed by atoms with van der Waals surface area (Å²) >= 11 is 0. The van der Waals surface area contributed by atoms with E-state index in [4.69, 9.17) is 4.74 Å². The molecule has 4 aliphatic rings. The Hall–Kier alpha value is -2.35. The van der Waals surface area contributed by atoms with E-state index in [1.165, 1.54) is 70.2 Å². The lowest BCUT2D eigenvalue weighted by Crippen LogP contribution is -2.08. The van der Waals surface area contributed by atoms with Gasteiger partial charge in [0.05, 0.1) is 0 Å². The number of fused-ring (bicyclic) bond motifs is 3. The molecule has 144 valence electrons. The van der Waals surface area contributed by atoms with Crippen molar-refractivity contribution in [3.05, 3.63) is 81.1 Å². The average molecular weight is 372 g/mol. The molecule has 5 rings (SSSR count). The van der Waals surface area contributed by atoms with E-state index in [2.05, 4.69) is 62.3 Å². The molecule has 0 aromatic carbocycles. The zero-order chi connectivity index (χ0) is 19.3. The van der Waals surface area contributed by atoms with Gasteiger partial charge in [-0.05, 0) is 104 Å². The molecule has 28 heavy (non-hydrogen) atoms. The molecule has 2 nitrogen and oxygen atoms in total. The Morgan fingerprint density at radius 1 is 1.21 bits per heavy atom. The van der Waals surface area contributed by atoms with Gasteiger partial charge in [0.25, 0.3) is 0 Å². The van der Waals surface area contributed by atoms with Crippen molar-refractivity contribution in [1.29, 1.82) is 0 Å². The average Bonchev–Trinajstić information content (AvgIpc) is 3.39. The smallest absolute Gasteiger partial charge is 0.213 e. The molecular formula is C26H29NO. The standard InChI is InChI=1S/C26H29NO/c1-16-7-6-8-17(2)26(16)22-10-5-4-9-19(18(22)3)15-28-25-13-21-11-20-12-23(20)24(21)14-27-25/h4-5,7,9,13-14,20,23H,6,8,10-12,15H2,1-3H3/t20-,23+/m0/s1. The number of rotatable bonds is 4. The molecular weight excluding hydrogens is 342 g/mol. The van der Waals surface area contributed by atoms with Crippen LogP contribution in [0.2, 0.25) is 0 Å². The van der Waals surface area contributed by atoms with Crippen LogP contribution in [0.5, 0.6) is 5.88 Å². The molecule has 0 saturated heterocycles. The summed E-state index contributed by atoms with van der Waals surface area (Å²) in [5.74, 6) is 2.45. The van der Waals surface area contributed by atoms with Gasteiger partial charge < -0.3 is 4.74 Å². The summed E-state index contributed by atoms with van der Waals surface area (Å²) in [6, 6.07) is 2.18. The third kappa shape index (κ3) is 3.09. The van der Waals surface area contributed by atoms with Crippen LogP contribution in [0.25, 0.3) is 0 Å². The highest BCUT2D eigenvalue weighted by Gasteiger charge is 2.45. The lowest BCUT2D eigenvalue weighted by molar-refractivity contribution is 0.339. The summed E-state index contributed by atoms with van der Waals surface area (Å²) in [7, 11) is 0. The molecule has 0 bridgehead atoms. The van der Waals surface area contributed by atoms with Crippen molar-refractivity contribution in [1.82, 2.24) is 4.98 Å². The zero-order valence-electron chi connectivity index (χ0n) is 17.2. The Morgan fingerprint density at radius 3 is 2.96 bits per heavy atom. The van der Waals surface area contributed by atoms with Gasteiger partial charge >= 0.3 is 0 Å². The SMILES string of the molecule is CC1=CCCC(C)=C1C1=C(C)C(COc2cc3c(cn2)[C@@H]2C[C@@H]2C3)=CC=CC1. The van der Waals surface area contributed by atoms with Gasteiger partial charge in [0.2, 0.25) is 5.88 Å². The first-order valence-corrected chi connectivity index (χ1v) is 10.7. The molecule has 4 aliphatic carbocycles. The van der Waals surface area contributed by atoms with E-state index in [0.717, 1.165) is 24.1 Å². The zero-order valence-corrected chi connectivity index (χ0v) is 17.2. The van der Waals surface area contributed by atoms with Crippen LogP contribution in [0, 0.1) is 5.92 Å². The number of aromatic nitrogens is 1. The van der Waals surface area contributed by atoms with Crippen molar-refractivity contribution in [2.75, 3.05) is 6.61 Å². The van der Waals surface area contributed by atoms with E-state index >= 15 is 0 Å². The fraction of sp³-hybridized carbons (Fsp3) is 0.423. The lowest BCUT2D eigenvalue weighted by Gasteiger charge is -2.22. The van der Waals surface area contributed by atoms with Crippen LogP contribution in [0.15, 0.2) is 70.0 Å². The van der Waals surface area contributed by atoms with E-state index in [1.54, 1.807) is 0 Å². The number of ether oxygens (including phenoxy) is 1. The Bertz CT molecular complexity index is 986. The maximum atomic E-state index is 6.16. The van der Waals surface area contributed by atoms with Crippen molar-refractivity contribution >= 4 is 0 Å². The maximum Gasteiger partial charge on any atom is 0.213 e. The minimum Gasteiger partial charge on any atom is -0.473 e. The molecule has 1 aromatic heterocycles. The fourth-order valence-corrected chi connectivity index (χ4v) is 5.22. The monoisotopic (exact) mass is 371 g/mol. The molecule has 1 saturated carbocycles. The van der Waals surface area contributed by atoms with Crippen LogP contribution < -0.4 is 4.74 Å². The Morgan fingerprint density at radius 2 is 2.11 bits per heavy atom. The van der Waals surface area contributed by atoms with E-state index in [9.17, 15) is 0 Å². The summed E-state index contributed by atoms with van der Waals surface area (Å²) in [4.78, 5) is 4.59. The van der Waals surface area contributed by atoms with Crippen LogP contribution >= 0.6 is 0 Å². The van der Waals surface area contributed by atoms with Gasteiger partial charge in [-0.1, -0.05) is 29.9 Å². The Balaban J connectivity index is 1.38. The van der Waals surface area contributed by atoms with Crippen molar-refractivity contribution in [2.24, 2.45) is 5.92 Å². The van der Waals surface area contributed by atoms with Crippen molar-refractivity contribution in [3.8, 4) is 5.88 Å². The highest BCUT2D eigenvalue weighted by Crippen LogP contribution is 2.56. The summed E-state index contributed by atoms with van der Waals surface area (Å²) in [6.45, 7) is 7.38. The number of allylic oxidation sites excluding steroid dienone is 8. The molecule has 0 aliphatic heterocycles. The number of pyridine rings is 1. The normalized spacial score (nSPS) is 25.8. The van der Waals surface area contributed by atoms with Gasteiger partial charge in [-0.15, -0.1) is 0 Å². The number of hydrogen-bond donors (Lipinski definition) is 0. The second kappa shape index (κ2) is 6.92.